The fourth-order valence-corrected chi connectivity index (χ4v) is 1.07. The molecular formula is C9H16N2O4. The van der Waals surface area contributed by atoms with Gasteiger partial charge < -0.3 is 15.7 Å². The molecule has 0 aromatic heterocycles. The van der Waals surface area contributed by atoms with E-state index in [1.807, 2.05) is 0 Å². The first-order valence-corrected chi connectivity index (χ1v) is 4.67. The molecule has 0 aromatic rings. The molecule has 0 radical (unpaired) electrons. The van der Waals surface area contributed by atoms with Crippen molar-refractivity contribution >= 4 is 17.8 Å². The molecule has 0 atom stereocenters. The summed E-state index contributed by atoms with van der Waals surface area (Å²) < 4.78 is 0. The number of carboxylic acids is 1. The van der Waals surface area contributed by atoms with Crippen molar-refractivity contribution in [3.05, 3.63) is 0 Å². The number of rotatable bonds is 7. The lowest BCUT2D eigenvalue weighted by Crippen LogP contribution is -2.35. The zero-order valence-corrected chi connectivity index (χ0v) is 8.73. The smallest absolute Gasteiger partial charge is 0.303 e. The van der Waals surface area contributed by atoms with Gasteiger partial charge in [-0.05, 0) is 12.8 Å². The second-order valence-electron chi connectivity index (χ2n) is 3.32. The van der Waals surface area contributed by atoms with Crippen molar-refractivity contribution in [1.29, 1.82) is 0 Å². The Balaban J connectivity index is 3.64. The van der Waals surface area contributed by atoms with Crippen LogP contribution in [-0.4, -0.2) is 41.4 Å². The van der Waals surface area contributed by atoms with Crippen LogP contribution in [0.4, 0.5) is 0 Å². The summed E-state index contributed by atoms with van der Waals surface area (Å²) in [5.74, 6) is -1.62. The van der Waals surface area contributed by atoms with Crippen LogP contribution >= 0.6 is 0 Å². The van der Waals surface area contributed by atoms with E-state index in [0.717, 1.165) is 0 Å². The predicted octanol–water partition coefficient (Wildman–Crippen LogP) is -0.425. The molecule has 0 heterocycles. The van der Waals surface area contributed by atoms with Gasteiger partial charge >= 0.3 is 5.97 Å². The highest BCUT2D eigenvalue weighted by Gasteiger charge is 2.10. The number of carbonyl (C=O) groups is 3. The third-order valence-electron chi connectivity index (χ3n) is 1.85. The maximum Gasteiger partial charge on any atom is 0.303 e. The summed E-state index contributed by atoms with van der Waals surface area (Å²) in [6.45, 7) is -0.0994. The van der Waals surface area contributed by atoms with Gasteiger partial charge in [-0.15, -0.1) is 0 Å². The molecule has 0 spiro atoms. The highest BCUT2D eigenvalue weighted by atomic mass is 16.4. The van der Waals surface area contributed by atoms with Gasteiger partial charge in [-0.25, -0.2) is 0 Å². The molecule has 0 unspecified atom stereocenters. The highest BCUT2D eigenvalue weighted by molar-refractivity contribution is 5.83. The number of aliphatic carboxylic acids is 1. The van der Waals surface area contributed by atoms with Crippen LogP contribution in [-0.2, 0) is 14.4 Å². The van der Waals surface area contributed by atoms with Crippen LogP contribution in [0.2, 0.25) is 0 Å². The number of carbonyl (C=O) groups excluding carboxylic acids is 2. The molecule has 3 N–H and O–H groups in total. The Morgan fingerprint density at radius 3 is 2.20 bits per heavy atom. The van der Waals surface area contributed by atoms with E-state index in [2.05, 4.69) is 0 Å². The fraction of sp³-hybridized carbons (Fsp3) is 0.667. The molecule has 6 nitrogen and oxygen atoms in total. The number of hydrogen-bond donors (Lipinski definition) is 2. The summed E-state index contributed by atoms with van der Waals surface area (Å²) in [6, 6.07) is 0. The zero-order chi connectivity index (χ0) is 11.8. The number of unbranched alkanes of at least 4 members (excludes halogenated alkanes) is 1. The lowest BCUT2D eigenvalue weighted by molar-refractivity contribution is -0.137. The van der Waals surface area contributed by atoms with Gasteiger partial charge in [0.15, 0.2) is 0 Å². The van der Waals surface area contributed by atoms with Crippen molar-refractivity contribution in [3.8, 4) is 0 Å². The summed E-state index contributed by atoms with van der Waals surface area (Å²) in [6.07, 6.45) is 1.28. The minimum Gasteiger partial charge on any atom is -0.481 e. The fourth-order valence-electron chi connectivity index (χ4n) is 1.07. The predicted molar refractivity (Wildman–Crippen MR) is 52.9 cm³/mol. The van der Waals surface area contributed by atoms with Crippen LogP contribution in [0.1, 0.15) is 25.7 Å². The normalized spacial score (nSPS) is 9.67. The maximum absolute atomic E-state index is 11.3. The summed E-state index contributed by atoms with van der Waals surface area (Å²) in [4.78, 5) is 33.2. The van der Waals surface area contributed by atoms with Crippen molar-refractivity contribution in [1.82, 2.24) is 4.90 Å². The third-order valence-corrected chi connectivity index (χ3v) is 1.85. The van der Waals surface area contributed by atoms with Gasteiger partial charge in [0.2, 0.25) is 11.8 Å². The van der Waals surface area contributed by atoms with E-state index < -0.39 is 11.9 Å². The number of primary amides is 1. The summed E-state index contributed by atoms with van der Waals surface area (Å²) in [5, 5.41) is 8.35. The van der Waals surface area contributed by atoms with E-state index in [1.54, 1.807) is 0 Å². The molecule has 0 aromatic carbocycles. The van der Waals surface area contributed by atoms with Crippen LogP contribution in [0, 0.1) is 0 Å². The van der Waals surface area contributed by atoms with Crippen molar-refractivity contribution in [3.63, 3.8) is 0 Å². The molecule has 0 aliphatic carbocycles. The van der Waals surface area contributed by atoms with E-state index in [4.69, 9.17) is 10.8 Å². The first-order valence-electron chi connectivity index (χ1n) is 4.67. The average molecular weight is 216 g/mol. The molecule has 15 heavy (non-hydrogen) atoms. The molecule has 0 fully saturated rings. The van der Waals surface area contributed by atoms with Crippen molar-refractivity contribution in [2.75, 3.05) is 13.6 Å². The first-order chi connectivity index (χ1) is 6.93. The molecule has 0 aliphatic rings. The van der Waals surface area contributed by atoms with Crippen LogP contribution < -0.4 is 5.73 Å². The molecule has 0 saturated carbocycles. The summed E-state index contributed by atoms with van der Waals surface area (Å²) >= 11 is 0. The van der Waals surface area contributed by atoms with Gasteiger partial charge in [0, 0.05) is 19.9 Å². The number of nitrogens with zero attached hydrogens (tertiary/aromatic N) is 1. The molecule has 0 rings (SSSR count). The van der Waals surface area contributed by atoms with E-state index in [0.29, 0.717) is 12.8 Å². The Labute approximate surface area is 88.0 Å². The summed E-state index contributed by atoms with van der Waals surface area (Å²) in [7, 11) is 1.49. The van der Waals surface area contributed by atoms with Crippen LogP contribution in [0.25, 0.3) is 0 Å². The maximum atomic E-state index is 11.3. The van der Waals surface area contributed by atoms with Gasteiger partial charge in [0.05, 0.1) is 6.54 Å². The quantitative estimate of drug-likeness (QED) is 0.564. The first kappa shape index (κ1) is 13.4. The van der Waals surface area contributed by atoms with Crippen LogP contribution in [0.15, 0.2) is 0 Å². The van der Waals surface area contributed by atoms with Crippen molar-refractivity contribution in [2.24, 2.45) is 5.73 Å². The van der Waals surface area contributed by atoms with E-state index in [-0.39, 0.29) is 25.3 Å². The van der Waals surface area contributed by atoms with E-state index in [1.165, 1.54) is 11.9 Å². The van der Waals surface area contributed by atoms with E-state index >= 15 is 0 Å². The van der Waals surface area contributed by atoms with Crippen molar-refractivity contribution in [2.45, 2.75) is 25.7 Å². The second-order valence-corrected chi connectivity index (χ2v) is 3.32. The molecule has 2 amide bonds. The zero-order valence-electron chi connectivity index (χ0n) is 8.73. The average Bonchev–Trinajstić information content (AvgIpc) is 2.10. The summed E-state index contributed by atoms with van der Waals surface area (Å²) in [5.41, 5.74) is 4.92. The Morgan fingerprint density at radius 1 is 1.20 bits per heavy atom. The minimum absolute atomic E-state index is 0.0623. The van der Waals surface area contributed by atoms with Gasteiger partial charge in [-0.1, -0.05) is 0 Å². The molecule has 0 saturated heterocycles. The standard InChI is InChI=1S/C9H16N2O4/c1-11(6-7(10)12)8(13)4-2-3-5-9(14)15/h2-6H2,1H3,(H2,10,12)(H,14,15). The molecular weight excluding hydrogens is 200 g/mol. The van der Waals surface area contributed by atoms with Crippen LogP contribution in [0.5, 0.6) is 0 Å². The van der Waals surface area contributed by atoms with Gasteiger partial charge in [0.25, 0.3) is 0 Å². The molecule has 86 valence electrons. The largest absolute Gasteiger partial charge is 0.481 e. The number of hydrogen-bond acceptors (Lipinski definition) is 3. The number of carboxylic acid groups (broad SMARTS) is 1. The molecule has 0 bridgehead atoms. The molecule has 0 aliphatic heterocycles. The van der Waals surface area contributed by atoms with Gasteiger partial charge in [-0.2, -0.15) is 0 Å². The monoisotopic (exact) mass is 216 g/mol. The Hall–Kier alpha value is -1.59. The lowest BCUT2D eigenvalue weighted by Gasteiger charge is -2.14. The molecule has 6 heteroatoms. The van der Waals surface area contributed by atoms with Crippen molar-refractivity contribution < 1.29 is 19.5 Å². The SMILES string of the molecule is CN(CC(N)=O)C(=O)CCCCC(=O)O. The Bertz CT molecular complexity index is 252. The van der Waals surface area contributed by atoms with Gasteiger partial charge in [-0.3, -0.25) is 14.4 Å². The second kappa shape index (κ2) is 6.80. The van der Waals surface area contributed by atoms with Crippen LogP contribution in [0.3, 0.4) is 0 Å². The Kier molecular flexibility index (Phi) is 6.08. The lowest BCUT2D eigenvalue weighted by atomic mass is 10.2. The number of likely N-dealkylation sites (N-methyl/N-ethyl adjacent to an activating group) is 1. The highest BCUT2D eigenvalue weighted by Crippen LogP contribution is 2.02. The third kappa shape index (κ3) is 7.48. The minimum atomic E-state index is -0.868. The number of nitrogens with two attached hydrogens (primary N) is 1. The topological polar surface area (TPSA) is 101 Å². The van der Waals surface area contributed by atoms with Gasteiger partial charge in [0.1, 0.15) is 0 Å². The Morgan fingerprint density at radius 2 is 1.73 bits per heavy atom. The number of amides is 2. The van der Waals surface area contributed by atoms with E-state index in [9.17, 15) is 14.4 Å².